The molecule has 0 bridgehead atoms. The Morgan fingerprint density at radius 3 is 1.88 bits per heavy atom. The van der Waals surface area contributed by atoms with E-state index in [2.05, 4.69) is 15.6 Å². The molecule has 0 radical (unpaired) electrons. The number of aliphatic imine (C=N–C) groups is 1. The molecule has 26 heteroatoms. The molecule has 1 aromatic rings. The lowest BCUT2D eigenvalue weighted by Gasteiger charge is -2.45. The van der Waals surface area contributed by atoms with Crippen molar-refractivity contribution < 1.29 is 66.2 Å². The Kier molecular flexibility index (Phi) is 25.4. The van der Waals surface area contributed by atoms with Crippen LogP contribution in [0.4, 0.5) is 13.2 Å². The highest BCUT2D eigenvalue weighted by molar-refractivity contribution is 6.31. The first-order valence-electron chi connectivity index (χ1n) is 32.5. The third kappa shape index (κ3) is 17.4. The molecule has 10 amide bonds. The molecule has 3 heterocycles. The van der Waals surface area contributed by atoms with Gasteiger partial charge in [0.25, 0.3) is 0 Å². The summed E-state index contributed by atoms with van der Waals surface area (Å²) in [6, 6.07) is -6.90. The van der Waals surface area contributed by atoms with Gasteiger partial charge in [-0.05, 0) is 127 Å². The topological polar surface area (TPSA) is 256 Å². The second-order valence-corrected chi connectivity index (χ2v) is 27.2. The summed E-state index contributed by atoms with van der Waals surface area (Å²) < 4.78 is 41.4. The molecule has 1 aromatic carbocycles. The molecular formula is C65H98ClF3N11O11-. The fraction of sp³-hybridized carbons (Fsp3) is 0.738. The molecule has 3 aliphatic heterocycles. The Bertz CT molecular complexity index is 2870. The van der Waals surface area contributed by atoms with Crippen molar-refractivity contribution >= 4 is 76.6 Å². The minimum Gasteiger partial charge on any atom is -0.861 e. The van der Waals surface area contributed by atoms with Crippen molar-refractivity contribution in [3.05, 3.63) is 34.3 Å². The van der Waals surface area contributed by atoms with Crippen LogP contribution in [0.15, 0.2) is 23.2 Å². The maximum atomic E-state index is 15.1. The minimum atomic E-state index is -4.75. The summed E-state index contributed by atoms with van der Waals surface area (Å²) in [5.74, 6) is -7.61. The van der Waals surface area contributed by atoms with E-state index in [1.807, 2.05) is 6.92 Å². The van der Waals surface area contributed by atoms with Gasteiger partial charge in [0.15, 0.2) is 0 Å². The van der Waals surface area contributed by atoms with Crippen molar-refractivity contribution in [3.8, 4) is 0 Å². The van der Waals surface area contributed by atoms with E-state index in [9.17, 15) is 61.4 Å². The average molecular weight is 1300 g/mol. The zero-order chi connectivity index (χ0) is 67.7. The van der Waals surface area contributed by atoms with Gasteiger partial charge in [-0.3, -0.25) is 52.9 Å². The molecule has 0 aromatic heterocycles. The van der Waals surface area contributed by atoms with E-state index in [4.69, 9.17) is 11.6 Å². The predicted molar refractivity (Wildman–Crippen MR) is 334 cm³/mol. The summed E-state index contributed by atoms with van der Waals surface area (Å²) >= 11 is 6.13. The van der Waals surface area contributed by atoms with Crippen LogP contribution in [0.3, 0.4) is 0 Å². The number of halogens is 4. The van der Waals surface area contributed by atoms with E-state index in [0.29, 0.717) is 31.2 Å². The lowest BCUT2D eigenvalue weighted by atomic mass is 9.82. The van der Waals surface area contributed by atoms with Crippen molar-refractivity contribution in [3.63, 3.8) is 0 Å². The highest BCUT2D eigenvalue weighted by Gasteiger charge is 2.49. The summed E-state index contributed by atoms with van der Waals surface area (Å²) in [4.78, 5) is 161. The summed E-state index contributed by atoms with van der Waals surface area (Å²) in [5.41, 5.74) is -2.39. The Balaban J connectivity index is 1.38. The number of carbonyl (C=O) groups is 10. The number of fused-ring (bicyclic) bond motifs is 2. The lowest BCUT2D eigenvalue weighted by Crippen LogP contribution is -2.64. The number of amides is 10. The van der Waals surface area contributed by atoms with E-state index < -0.39 is 154 Å². The number of alkyl halides is 3. The zero-order valence-electron chi connectivity index (χ0n) is 55.5. The molecule has 5 aliphatic rings. The molecule has 22 nitrogen and oxygen atoms in total. The molecule has 91 heavy (non-hydrogen) atoms. The summed E-state index contributed by atoms with van der Waals surface area (Å²) in [6.45, 7) is 10.9. The third-order valence-corrected chi connectivity index (χ3v) is 20.5. The number of rotatable bonds is 8. The third-order valence-electron chi connectivity index (χ3n) is 20.2. The Morgan fingerprint density at radius 2 is 1.30 bits per heavy atom. The highest BCUT2D eigenvalue weighted by atomic mass is 35.5. The fourth-order valence-corrected chi connectivity index (χ4v) is 13.8. The fourth-order valence-electron chi connectivity index (χ4n) is 13.5. The molecule has 0 unspecified atom stereocenters. The van der Waals surface area contributed by atoms with Crippen LogP contribution in [0.2, 0.25) is 5.02 Å². The second kappa shape index (κ2) is 31.4. The molecular weight excluding hydrogens is 1200 g/mol. The first-order chi connectivity index (χ1) is 42.6. The maximum absolute atomic E-state index is 15.1. The number of hydrogen-bond acceptors (Lipinski definition) is 12. The van der Waals surface area contributed by atoms with Crippen LogP contribution in [0, 0.1) is 17.8 Å². The Hall–Kier alpha value is -6.53. The van der Waals surface area contributed by atoms with Crippen LogP contribution in [-0.4, -0.2) is 226 Å². The first kappa shape index (κ1) is 73.5. The maximum Gasteiger partial charge on any atom is 0.417 e. The molecule has 4 fully saturated rings. The number of benzene rings is 1. The van der Waals surface area contributed by atoms with Crippen LogP contribution in [0.25, 0.3) is 0 Å². The number of aryl methyl sites for hydroxylation is 1. The van der Waals surface area contributed by atoms with Crippen LogP contribution >= 0.6 is 11.6 Å². The Morgan fingerprint density at radius 1 is 0.692 bits per heavy atom. The molecule has 2 saturated carbocycles. The van der Waals surface area contributed by atoms with E-state index in [-0.39, 0.29) is 63.5 Å². The van der Waals surface area contributed by atoms with Crippen molar-refractivity contribution in [2.45, 2.75) is 230 Å². The van der Waals surface area contributed by atoms with Crippen molar-refractivity contribution in [2.75, 3.05) is 61.9 Å². The molecule has 0 spiro atoms. The van der Waals surface area contributed by atoms with Gasteiger partial charge >= 0.3 is 6.18 Å². The highest BCUT2D eigenvalue weighted by Crippen LogP contribution is 2.37. The van der Waals surface area contributed by atoms with Gasteiger partial charge in [0.2, 0.25) is 59.1 Å². The van der Waals surface area contributed by atoms with Crippen molar-refractivity contribution in [1.29, 1.82) is 0 Å². The van der Waals surface area contributed by atoms with E-state index in [1.54, 1.807) is 13.8 Å². The lowest BCUT2D eigenvalue weighted by molar-refractivity contribution is -0.225. The SMILES string of the molecule is CC[C@H](C)[C@@H]1N=C([O-])[C@H](C)N(C)C(=O)C[C@@H](C)NC(=O)[C@H](C2CCCCC2)N(C)C(=O)C(C)(C)N(C)C(=O)[C@@H]2CCCN2C(=O)[C@H](CCc2ccc(C(F)(F)F)c(Cl)c2)NC(=O)CN(C)C(=O)[C@H](CC2CCCCC2)N(C)C(=O)[C@@H]2CCN2C(=O)[C@H](C)N(C)C1=O. The first-order valence-corrected chi connectivity index (χ1v) is 32.9. The standard InChI is InChI=1S/C65H99ClF3N11O11/c1-14-38(2)53-62(90)75(10)41(5)57(85)80-33-31-49(80)60(88)76(11)50(36-42-22-17-15-18-23-42)59(87)73(8)37-51(81)71-47(30-28-43-27-29-45(46(66)35-43)65(67,68)69)58(86)79-32-21-26-48(79)61(89)78(13)64(6,7)63(91)77(12)54(44-24-19-16-20-25-44)56(84)70-39(3)34-52(82)74(9)40(4)55(83)72-53/h27,29,35,38-42,44,47-50,53-54H,14-26,28,30-34,36-37H2,1-13H3,(H,70,84)(H,71,81)(H,72,83)/p-1/t38-,39+,40-,41-,47-,48-,49-,50-,53-,54-/m0/s1. The quantitative estimate of drug-likeness (QED) is 0.349. The second-order valence-electron chi connectivity index (χ2n) is 26.8. The van der Waals surface area contributed by atoms with Gasteiger partial charge in [0.05, 0.1) is 23.2 Å². The van der Waals surface area contributed by atoms with Crippen LogP contribution in [0.5, 0.6) is 0 Å². The smallest absolute Gasteiger partial charge is 0.417 e. The number of nitrogens with one attached hydrogen (secondary N) is 2. The average Bonchev–Trinajstić information content (AvgIpc) is 2.29. The summed E-state index contributed by atoms with van der Waals surface area (Å²) in [6.07, 6.45) is 4.30. The normalized spacial score (nSPS) is 28.8. The summed E-state index contributed by atoms with van der Waals surface area (Å²) in [7, 11) is 8.63. The largest absolute Gasteiger partial charge is 0.861 e. The number of nitrogens with zero attached hydrogens (tertiary/aromatic N) is 9. The van der Waals surface area contributed by atoms with Gasteiger partial charge in [-0.15, -0.1) is 0 Å². The molecule has 10 atom stereocenters. The minimum absolute atomic E-state index is 0.0357. The number of carbonyl (C=O) groups excluding carboxylic acids is 10. The molecule has 508 valence electrons. The van der Waals surface area contributed by atoms with Gasteiger partial charge in [0.1, 0.15) is 47.8 Å². The van der Waals surface area contributed by atoms with Crippen LogP contribution < -0.4 is 15.7 Å². The van der Waals surface area contributed by atoms with Gasteiger partial charge < -0.3 is 54.9 Å². The number of hydrogen-bond donors (Lipinski definition) is 2. The molecule has 2 N–H and O–H groups in total. The van der Waals surface area contributed by atoms with Gasteiger partial charge in [-0.2, -0.15) is 13.2 Å². The van der Waals surface area contributed by atoms with Crippen LogP contribution in [-0.2, 0) is 60.5 Å². The van der Waals surface area contributed by atoms with E-state index >= 15 is 4.79 Å². The zero-order valence-corrected chi connectivity index (χ0v) is 56.3. The van der Waals surface area contributed by atoms with Gasteiger partial charge in [-0.25, -0.2) is 0 Å². The summed E-state index contributed by atoms with van der Waals surface area (Å²) in [5, 5.41) is 19.2. The van der Waals surface area contributed by atoms with Crippen molar-refractivity contribution in [1.82, 2.24) is 49.8 Å². The van der Waals surface area contributed by atoms with E-state index in [0.717, 1.165) is 68.4 Å². The van der Waals surface area contributed by atoms with Gasteiger partial charge in [0, 0.05) is 67.8 Å². The predicted octanol–water partition coefficient (Wildman–Crippen LogP) is 5.04. The van der Waals surface area contributed by atoms with Crippen LogP contribution in [0.1, 0.15) is 169 Å². The van der Waals surface area contributed by atoms with Gasteiger partial charge in [-0.1, -0.05) is 89.3 Å². The molecule has 6 rings (SSSR count). The monoisotopic (exact) mass is 1300 g/mol. The van der Waals surface area contributed by atoms with Crippen molar-refractivity contribution in [2.24, 2.45) is 22.7 Å². The molecule has 2 aliphatic carbocycles. The Labute approximate surface area is 539 Å². The molecule has 2 saturated heterocycles. The van der Waals surface area contributed by atoms with E-state index in [1.165, 1.54) is 110 Å². The number of likely N-dealkylation sites (N-methyl/N-ethyl adjacent to an activating group) is 6.